The first kappa shape index (κ1) is 23.8. The maximum absolute atomic E-state index is 13.6. The summed E-state index contributed by atoms with van der Waals surface area (Å²) in [6, 6.07) is 0. The fourth-order valence-corrected chi connectivity index (χ4v) is 5.96. The zero-order valence-corrected chi connectivity index (χ0v) is 20.6. The third kappa shape index (κ3) is 4.54. The Morgan fingerprint density at radius 1 is 0.788 bits per heavy atom. The number of carbonyl (C=O) groups is 2. The molecule has 178 valence electrons. The molecule has 0 aromatic rings. The van der Waals surface area contributed by atoms with Gasteiger partial charge < -0.3 is 9.47 Å². The zero-order valence-electron chi connectivity index (χ0n) is 20.6. The molecule has 4 heteroatoms. The highest BCUT2D eigenvalue weighted by Crippen LogP contribution is 2.50. The first-order chi connectivity index (χ1) is 15.9. The van der Waals surface area contributed by atoms with Crippen LogP contribution in [-0.4, -0.2) is 23.1 Å². The molecule has 0 aliphatic heterocycles. The molecule has 4 nitrogen and oxygen atoms in total. The maximum Gasteiger partial charge on any atom is 0.335 e. The number of fused-ring (bicyclic) bond motifs is 2. The van der Waals surface area contributed by atoms with Gasteiger partial charge in [-0.15, -0.1) is 0 Å². The normalized spacial score (nSPS) is 32.6. The molecule has 33 heavy (non-hydrogen) atoms. The summed E-state index contributed by atoms with van der Waals surface area (Å²) in [5.74, 6) is -0.426. The summed E-state index contributed by atoms with van der Waals surface area (Å²) in [5, 5.41) is 0. The van der Waals surface area contributed by atoms with Crippen molar-refractivity contribution < 1.29 is 19.1 Å². The summed E-state index contributed by atoms with van der Waals surface area (Å²) in [4.78, 5) is 27.1. The molecule has 0 saturated heterocycles. The molecule has 4 atom stereocenters. The van der Waals surface area contributed by atoms with Crippen molar-refractivity contribution in [1.29, 1.82) is 0 Å². The Kier molecular flexibility index (Phi) is 6.83. The lowest BCUT2D eigenvalue weighted by Crippen LogP contribution is -2.37. The van der Waals surface area contributed by atoms with E-state index in [1.54, 1.807) is 0 Å². The molecule has 1 saturated carbocycles. The highest BCUT2D eigenvalue weighted by Gasteiger charge is 2.48. The summed E-state index contributed by atoms with van der Waals surface area (Å²) >= 11 is 0. The lowest BCUT2D eigenvalue weighted by molar-refractivity contribution is -0.155. The van der Waals surface area contributed by atoms with Crippen molar-refractivity contribution in [3.05, 3.63) is 58.7 Å². The molecule has 0 N–H and O–H groups in total. The van der Waals surface area contributed by atoms with Gasteiger partial charge in [-0.25, -0.2) is 9.59 Å². The zero-order chi connectivity index (χ0) is 23.6. The second kappa shape index (κ2) is 9.48. The molecule has 0 heterocycles. The van der Waals surface area contributed by atoms with Crippen molar-refractivity contribution in [1.82, 2.24) is 0 Å². The first-order valence-corrected chi connectivity index (χ1v) is 12.8. The molecule has 4 rings (SSSR count). The van der Waals surface area contributed by atoms with E-state index in [4.69, 9.17) is 9.47 Å². The lowest BCUT2D eigenvalue weighted by Gasteiger charge is -2.35. The van der Waals surface area contributed by atoms with Crippen LogP contribution in [0.1, 0.15) is 85.5 Å². The minimum absolute atomic E-state index is 0.110. The minimum Gasteiger partial charge on any atom is -0.451 e. The summed E-state index contributed by atoms with van der Waals surface area (Å²) in [6.07, 6.45) is 19.7. The van der Waals surface area contributed by atoms with Crippen LogP contribution < -0.4 is 0 Å². The van der Waals surface area contributed by atoms with E-state index in [1.807, 2.05) is 24.3 Å². The quantitative estimate of drug-likeness (QED) is 0.387. The molecule has 0 spiro atoms. The van der Waals surface area contributed by atoms with Gasteiger partial charge in [0.15, 0.2) is 0 Å². The van der Waals surface area contributed by atoms with Gasteiger partial charge in [-0.1, -0.05) is 63.1 Å². The van der Waals surface area contributed by atoms with E-state index in [0.29, 0.717) is 24.0 Å². The first-order valence-electron chi connectivity index (χ1n) is 12.8. The van der Waals surface area contributed by atoms with Crippen LogP contribution in [0.2, 0.25) is 0 Å². The molecule has 0 radical (unpaired) electrons. The molecule has 2 bridgehead atoms. The largest absolute Gasteiger partial charge is 0.451 e. The number of hydrogen-bond donors (Lipinski definition) is 0. The van der Waals surface area contributed by atoms with Crippen molar-refractivity contribution in [3.63, 3.8) is 0 Å². The summed E-state index contributed by atoms with van der Waals surface area (Å²) < 4.78 is 12.4. The highest BCUT2D eigenvalue weighted by atomic mass is 16.6. The summed E-state index contributed by atoms with van der Waals surface area (Å²) in [7, 11) is 0. The lowest BCUT2D eigenvalue weighted by atomic mass is 9.85. The molecule has 1 fully saturated rings. The Morgan fingerprint density at radius 3 is 1.58 bits per heavy atom. The van der Waals surface area contributed by atoms with Crippen molar-refractivity contribution in [2.45, 2.75) is 96.7 Å². The van der Waals surface area contributed by atoms with Crippen LogP contribution in [0.4, 0.5) is 0 Å². The van der Waals surface area contributed by atoms with Crippen LogP contribution in [0.15, 0.2) is 58.7 Å². The van der Waals surface area contributed by atoms with Crippen molar-refractivity contribution in [2.75, 3.05) is 0 Å². The second-order valence-electron chi connectivity index (χ2n) is 10.1. The highest BCUT2D eigenvalue weighted by molar-refractivity contribution is 6.03. The predicted molar refractivity (Wildman–Crippen MR) is 130 cm³/mol. The van der Waals surface area contributed by atoms with E-state index < -0.39 is 11.2 Å². The van der Waals surface area contributed by atoms with Crippen LogP contribution in [0.5, 0.6) is 0 Å². The number of carbonyl (C=O) groups excluding carboxylic acids is 2. The van der Waals surface area contributed by atoms with E-state index in [-0.39, 0.29) is 23.8 Å². The number of rotatable bonds is 8. The van der Waals surface area contributed by atoms with E-state index in [9.17, 15) is 9.59 Å². The van der Waals surface area contributed by atoms with Gasteiger partial charge in [0, 0.05) is 12.8 Å². The predicted octanol–water partition coefficient (Wildman–Crippen LogP) is 6.69. The van der Waals surface area contributed by atoms with Gasteiger partial charge >= 0.3 is 11.9 Å². The Labute approximate surface area is 198 Å². The van der Waals surface area contributed by atoms with Crippen LogP contribution >= 0.6 is 0 Å². The van der Waals surface area contributed by atoms with Gasteiger partial charge in [-0.05, 0) is 68.9 Å². The third-order valence-corrected chi connectivity index (χ3v) is 8.19. The fraction of sp³-hybridized carbons (Fsp3) is 0.586. The number of esters is 2. The number of ether oxygens (including phenoxy) is 2. The van der Waals surface area contributed by atoms with Crippen molar-refractivity contribution in [2.24, 2.45) is 11.8 Å². The molecule has 0 amide bonds. The van der Waals surface area contributed by atoms with Crippen molar-refractivity contribution >= 4 is 11.9 Å². The maximum atomic E-state index is 13.6. The van der Waals surface area contributed by atoms with Gasteiger partial charge in [-0.3, -0.25) is 0 Å². The smallest absolute Gasteiger partial charge is 0.335 e. The van der Waals surface area contributed by atoms with E-state index >= 15 is 0 Å². The third-order valence-electron chi connectivity index (χ3n) is 8.19. The monoisotopic (exact) mass is 450 g/mol. The average Bonchev–Trinajstić information content (AvgIpc) is 3.46. The van der Waals surface area contributed by atoms with Gasteiger partial charge in [0.2, 0.25) is 0 Å². The van der Waals surface area contributed by atoms with Crippen molar-refractivity contribution in [3.8, 4) is 0 Å². The summed E-state index contributed by atoms with van der Waals surface area (Å²) in [6.45, 7) is 8.37. The Bertz CT molecular complexity index is 886. The topological polar surface area (TPSA) is 52.6 Å². The molecular weight excluding hydrogens is 412 g/mol. The van der Waals surface area contributed by atoms with E-state index in [2.05, 4.69) is 39.8 Å². The number of allylic oxidation sites excluding steroid dienone is 4. The Morgan fingerprint density at radius 2 is 1.21 bits per heavy atom. The standard InChI is InChI=1S/C29H38O4/c1-5-20-11-9-15-28(7-3,18-20)32-26(30)24-22-13-14-23(17-22)25(24)27(31)33-29(8-4)16-10-12-21(6-2)19-29/h9-12,15-16,22-23H,5-8,13-14,17-19H2,1-4H3. The minimum atomic E-state index is -0.626. The second-order valence-corrected chi connectivity index (χ2v) is 10.1. The van der Waals surface area contributed by atoms with Crippen LogP contribution in [0, 0.1) is 11.8 Å². The van der Waals surface area contributed by atoms with Crippen LogP contribution in [0.25, 0.3) is 0 Å². The number of hydrogen-bond acceptors (Lipinski definition) is 4. The molecule has 0 aromatic heterocycles. The molecule has 4 unspecified atom stereocenters. The fourth-order valence-electron chi connectivity index (χ4n) is 5.96. The Hall–Kier alpha value is -2.36. The average molecular weight is 451 g/mol. The van der Waals surface area contributed by atoms with E-state index in [1.165, 1.54) is 11.1 Å². The van der Waals surface area contributed by atoms with Crippen LogP contribution in [0.3, 0.4) is 0 Å². The molecule has 4 aliphatic carbocycles. The van der Waals surface area contributed by atoms with Gasteiger partial charge in [0.1, 0.15) is 11.2 Å². The molecular formula is C29H38O4. The van der Waals surface area contributed by atoms with Crippen LogP contribution in [-0.2, 0) is 19.1 Å². The van der Waals surface area contributed by atoms with E-state index in [0.717, 1.165) is 44.9 Å². The van der Waals surface area contributed by atoms with Gasteiger partial charge in [0.05, 0.1) is 11.1 Å². The summed E-state index contributed by atoms with van der Waals surface area (Å²) in [5.41, 5.74) is 2.48. The van der Waals surface area contributed by atoms with Gasteiger partial charge in [-0.2, -0.15) is 0 Å². The SMILES string of the molecule is CCC1=CC=CC(CC)(OC(=O)C2=C(C(=O)OC3(CC)C=CC=C(CC)C3)C3CCC2C3)C1. The van der Waals surface area contributed by atoms with Gasteiger partial charge in [0.25, 0.3) is 0 Å². The molecule has 0 aromatic carbocycles. The molecule has 4 aliphatic rings. The Balaban J connectivity index is 1.59.